The SMILES string of the molecule is C=CC(=O)Oc1ccccc1CC(=C)C. The highest BCUT2D eigenvalue weighted by atomic mass is 16.5. The summed E-state index contributed by atoms with van der Waals surface area (Å²) in [6.07, 6.45) is 1.86. The highest BCUT2D eigenvalue weighted by Gasteiger charge is 2.05. The van der Waals surface area contributed by atoms with Crippen LogP contribution in [0.1, 0.15) is 12.5 Å². The van der Waals surface area contributed by atoms with Crippen LogP contribution in [0.5, 0.6) is 5.75 Å². The number of allylic oxidation sites excluding steroid dienone is 1. The van der Waals surface area contributed by atoms with Gasteiger partial charge in [-0.05, 0) is 25.0 Å². The summed E-state index contributed by atoms with van der Waals surface area (Å²) in [5, 5.41) is 0. The molecule has 1 rings (SSSR count). The number of benzene rings is 1. The quantitative estimate of drug-likeness (QED) is 0.325. The van der Waals surface area contributed by atoms with Crippen molar-refractivity contribution in [2.45, 2.75) is 13.3 Å². The minimum Gasteiger partial charge on any atom is -0.423 e. The van der Waals surface area contributed by atoms with E-state index in [0.29, 0.717) is 12.2 Å². The van der Waals surface area contributed by atoms with Crippen molar-refractivity contribution in [3.8, 4) is 5.75 Å². The van der Waals surface area contributed by atoms with Crippen LogP contribution in [0.3, 0.4) is 0 Å². The molecule has 0 amide bonds. The zero-order chi connectivity index (χ0) is 11.3. The van der Waals surface area contributed by atoms with E-state index in [0.717, 1.165) is 17.2 Å². The van der Waals surface area contributed by atoms with Gasteiger partial charge in [0.15, 0.2) is 0 Å². The molecule has 0 saturated carbocycles. The lowest BCUT2D eigenvalue weighted by Crippen LogP contribution is -2.05. The van der Waals surface area contributed by atoms with Crippen molar-refractivity contribution < 1.29 is 9.53 Å². The topological polar surface area (TPSA) is 26.3 Å². The van der Waals surface area contributed by atoms with E-state index in [1.54, 1.807) is 6.07 Å². The van der Waals surface area contributed by atoms with Gasteiger partial charge in [0, 0.05) is 6.08 Å². The fourth-order valence-electron chi connectivity index (χ4n) is 1.22. The van der Waals surface area contributed by atoms with Crippen molar-refractivity contribution in [3.63, 3.8) is 0 Å². The fraction of sp³-hybridized carbons (Fsp3) is 0.154. The molecule has 1 aromatic rings. The number of ether oxygens (including phenoxy) is 1. The number of rotatable bonds is 4. The lowest BCUT2D eigenvalue weighted by molar-refractivity contribution is -0.129. The minimum atomic E-state index is -0.441. The van der Waals surface area contributed by atoms with Crippen LogP contribution in [0.2, 0.25) is 0 Å². The van der Waals surface area contributed by atoms with Gasteiger partial charge in [-0.25, -0.2) is 4.79 Å². The zero-order valence-corrected chi connectivity index (χ0v) is 8.82. The van der Waals surface area contributed by atoms with Crippen LogP contribution in [0.4, 0.5) is 0 Å². The summed E-state index contributed by atoms with van der Waals surface area (Å²) < 4.78 is 5.10. The van der Waals surface area contributed by atoms with Crippen LogP contribution in [0, 0.1) is 0 Å². The number of carbonyl (C=O) groups excluding carboxylic acids is 1. The summed E-state index contributed by atoms with van der Waals surface area (Å²) in [6.45, 7) is 9.12. The van der Waals surface area contributed by atoms with Crippen molar-refractivity contribution in [3.05, 3.63) is 54.6 Å². The summed E-state index contributed by atoms with van der Waals surface area (Å²) in [5.41, 5.74) is 1.98. The zero-order valence-electron chi connectivity index (χ0n) is 8.82. The molecule has 0 aromatic heterocycles. The molecule has 0 saturated heterocycles. The van der Waals surface area contributed by atoms with Gasteiger partial charge in [0.25, 0.3) is 0 Å². The average Bonchev–Trinajstić information content (AvgIpc) is 2.20. The maximum atomic E-state index is 11.1. The van der Waals surface area contributed by atoms with Crippen LogP contribution in [0.25, 0.3) is 0 Å². The largest absolute Gasteiger partial charge is 0.423 e. The predicted octanol–water partition coefficient (Wildman–Crippen LogP) is 2.90. The smallest absolute Gasteiger partial charge is 0.335 e. The Hall–Kier alpha value is -1.83. The second-order valence-corrected chi connectivity index (χ2v) is 3.37. The molecule has 0 radical (unpaired) electrons. The standard InChI is InChI=1S/C13H14O2/c1-4-13(14)15-12-8-6-5-7-11(12)9-10(2)3/h4-8H,1-2,9H2,3H3. The first kappa shape index (κ1) is 11.2. The average molecular weight is 202 g/mol. The van der Waals surface area contributed by atoms with Gasteiger partial charge in [-0.15, -0.1) is 0 Å². The second-order valence-electron chi connectivity index (χ2n) is 3.37. The van der Waals surface area contributed by atoms with Crippen LogP contribution in [-0.2, 0) is 11.2 Å². The molecule has 15 heavy (non-hydrogen) atoms. The normalized spacial score (nSPS) is 9.40. The summed E-state index contributed by atoms with van der Waals surface area (Å²) in [6, 6.07) is 7.41. The van der Waals surface area contributed by atoms with Gasteiger partial charge in [0.1, 0.15) is 5.75 Å². The molecule has 0 aliphatic rings. The Morgan fingerprint density at radius 1 is 1.47 bits per heavy atom. The summed E-state index contributed by atoms with van der Waals surface area (Å²) in [5.74, 6) is 0.134. The van der Waals surface area contributed by atoms with Gasteiger partial charge in [-0.1, -0.05) is 36.9 Å². The fourth-order valence-corrected chi connectivity index (χ4v) is 1.22. The predicted molar refractivity (Wildman–Crippen MR) is 60.8 cm³/mol. The van der Waals surface area contributed by atoms with Crippen molar-refractivity contribution in [1.29, 1.82) is 0 Å². The molecule has 0 N–H and O–H groups in total. The number of hydrogen-bond donors (Lipinski definition) is 0. The molecule has 1 aromatic carbocycles. The number of para-hydroxylation sites is 1. The molecule has 0 atom stereocenters. The molecule has 0 aliphatic carbocycles. The van der Waals surface area contributed by atoms with Gasteiger partial charge in [0.2, 0.25) is 0 Å². The van der Waals surface area contributed by atoms with E-state index in [9.17, 15) is 4.79 Å². The van der Waals surface area contributed by atoms with Gasteiger partial charge in [-0.2, -0.15) is 0 Å². The Labute approximate surface area is 89.9 Å². The summed E-state index contributed by atoms with van der Waals surface area (Å²) in [7, 11) is 0. The molecule has 2 nitrogen and oxygen atoms in total. The Morgan fingerprint density at radius 3 is 2.73 bits per heavy atom. The molecule has 0 fully saturated rings. The van der Waals surface area contributed by atoms with Crippen molar-refractivity contribution in [2.24, 2.45) is 0 Å². The van der Waals surface area contributed by atoms with Crippen LogP contribution in [-0.4, -0.2) is 5.97 Å². The maximum Gasteiger partial charge on any atom is 0.335 e. The highest BCUT2D eigenvalue weighted by Crippen LogP contribution is 2.20. The van der Waals surface area contributed by atoms with Gasteiger partial charge in [0.05, 0.1) is 0 Å². The molecule has 0 heterocycles. The number of esters is 1. The third kappa shape index (κ3) is 3.43. The first-order valence-electron chi connectivity index (χ1n) is 4.70. The first-order chi connectivity index (χ1) is 7.13. The van der Waals surface area contributed by atoms with E-state index < -0.39 is 5.97 Å². The highest BCUT2D eigenvalue weighted by molar-refractivity contribution is 5.83. The van der Waals surface area contributed by atoms with E-state index in [1.165, 1.54) is 0 Å². The maximum absolute atomic E-state index is 11.1. The van der Waals surface area contributed by atoms with E-state index in [1.807, 2.05) is 25.1 Å². The van der Waals surface area contributed by atoms with E-state index in [-0.39, 0.29) is 0 Å². The van der Waals surface area contributed by atoms with Crippen molar-refractivity contribution in [1.82, 2.24) is 0 Å². The number of carbonyl (C=O) groups is 1. The van der Waals surface area contributed by atoms with Crippen molar-refractivity contribution in [2.75, 3.05) is 0 Å². The Kier molecular flexibility index (Phi) is 3.86. The Morgan fingerprint density at radius 2 is 2.13 bits per heavy atom. The molecular formula is C13H14O2. The van der Waals surface area contributed by atoms with Gasteiger partial charge in [-0.3, -0.25) is 0 Å². The van der Waals surface area contributed by atoms with E-state index in [4.69, 9.17) is 4.74 Å². The van der Waals surface area contributed by atoms with E-state index in [2.05, 4.69) is 13.2 Å². The second kappa shape index (κ2) is 5.15. The van der Waals surface area contributed by atoms with Crippen LogP contribution < -0.4 is 4.74 Å². The summed E-state index contributed by atoms with van der Waals surface area (Å²) >= 11 is 0. The van der Waals surface area contributed by atoms with Gasteiger partial charge >= 0.3 is 5.97 Å². The molecule has 2 heteroatoms. The number of hydrogen-bond acceptors (Lipinski definition) is 2. The third-order valence-corrected chi connectivity index (χ3v) is 1.84. The first-order valence-corrected chi connectivity index (χ1v) is 4.70. The molecule has 0 unspecified atom stereocenters. The molecule has 0 bridgehead atoms. The minimum absolute atomic E-state index is 0.441. The lowest BCUT2D eigenvalue weighted by Gasteiger charge is -2.08. The molecular weight excluding hydrogens is 188 g/mol. The van der Waals surface area contributed by atoms with Crippen LogP contribution >= 0.6 is 0 Å². The van der Waals surface area contributed by atoms with Crippen molar-refractivity contribution >= 4 is 5.97 Å². The van der Waals surface area contributed by atoms with E-state index >= 15 is 0 Å². The Bertz CT molecular complexity index is 391. The Balaban J connectivity index is 2.90. The van der Waals surface area contributed by atoms with Crippen LogP contribution in [0.15, 0.2) is 49.1 Å². The monoisotopic (exact) mass is 202 g/mol. The molecule has 0 aliphatic heterocycles. The molecule has 78 valence electrons. The third-order valence-electron chi connectivity index (χ3n) is 1.84. The lowest BCUT2D eigenvalue weighted by atomic mass is 10.1. The molecule has 0 spiro atoms. The van der Waals surface area contributed by atoms with Gasteiger partial charge < -0.3 is 4.74 Å². The summed E-state index contributed by atoms with van der Waals surface area (Å²) in [4.78, 5) is 11.1.